The molecule has 0 N–H and O–H groups in total. The van der Waals surface area contributed by atoms with Crippen LogP contribution in [0.1, 0.15) is 13.8 Å². The molecule has 0 aliphatic carbocycles. The van der Waals surface area contributed by atoms with Gasteiger partial charge in [0.1, 0.15) is 13.2 Å². The molecule has 0 saturated carbocycles. The number of nitro groups is 2. The number of aromatic nitrogens is 2. The van der Waals surface area contributed by atoms with Crippen LogP contribution in [0.2, 0.25) is 0 Å². The Morgan fingerprint density at radius 3 is 1.57 bits per heavy atom. The molecule has 15 heteroatoms. The zero-order valence-corrected chi connectivity index (χ0v) is 21.3. The van der Waals surface area contributed by atoms with Gasteiger partial charge in [-0.25, -0.2) is 0 Å². The number of rotatable bonds is 8. The maximum Gasteiger partial charge on any atom is 0.274 e. The van der Waals surface area contributed by atoms with E-state index in [0.717, 1.165) is 33.7 Å². The van der Waals surface area contributed by atoms with Gasteiger partial charge in [0, 0.05) is 37.4 Å². The predicted octanol–water partition coefficient (Wildman–Crippen LogP) is 3.15. The molecule has 0 unspecified atom stereocenters. The lowest BCUT2D eigenvalue weighted by Gasteiger charge is -2.01. The minimum Gasteiger partial charge on any atom is -0.362 e. The molecule has 0 bridgehead atoms. The van der Waals surface area contributed by atoms with Crippen LogP contribution in [-0.2, 0) is 27.4 Å². The molecule has 0 fully saturated rings. The Hall–Kier alpha value is -4.08. The van der Waals surface area contributed by atoms with E-state index in [4.69, 9.17) is 4.74 Å². The number of carbonyl (C=O) groups is 2. The van der Waals surface area contributed by atoms with E-state index in [0.29, 0.717) is 32.1 Å². The summed E-state index contributed by atoms with van der Waals surface area (Å²) in [7, 11) is 0. The normalized spacial score (nSPS) is 12.5. The number of ether oxygens (including phenoxy) is 1. The minimum atomic E-state index is -0.617. The van der Waals surface area contributed by atoms with Gasteiger partial charge in [-0.05, 0) is 26.0 Å². The number of benzene rings is 2. The summed E-state index contributed by atoms with van der Waals surface area (Å²) in [6.07, 6.45) is 0. The lowest BCUT2D eigenvalue weighted by molar-refractivity contribution is -0.384. The first kappa shape index (κ1) is 26.0. The van der Waals surface area contributed by atoms with E-state index in [1.54, 1.807) is 21.3 Å². The van der Waals surface area contributed by atoms with Crippen LogP contribution in [0.5, 0.6) is 0 Å². The fourth-order valence-corrected chi connectivity index (χ4v) is 5.92. The Kier molecular flexibility index (Phi) is 7.66. The predicted molar refractivity (Wildman–Crippen MR) is 136 cm³/mol. The second-order valence-corrected chi connectivity index (χ2v) is 9.60. The number of fused-ring (bicyclic) bond motifs is 2. The lowest BCUT2D eigenvalue weighted by atomic mass is 10.3. The van der Waals surface area contributed by atoms with Crippen LogP contribution in [0.4, 0.5) is 11.4 Å². The Balaban J connectivity index is 1.48. The maximum absolute atomic E-state index is 12.4. The second kappa shape index (κ2) is 10.9. The van der Waals surface area contributed by atoms with Crippen LogP contribution in [0.25, 0.3) is 20.4 Å². The van der Waals surface area contributed by atoms with E-state index in [1.807, 2.05) is 13.8 Å². The summed E-state index contributed by atoms with van der Waals surface area (Å²) < 4.78 is 9.99. The summed E-state index contributed by atoms with van der Waals surface area (Å²) in [5.74, 6) is -1.23. The molecule has 13 nitrogen and oxygen atoms in total. The van der Waals surface area contributed by atoms with Gasteiger partial charge in [-0.1, -0.05) is 22.7 Å². The lowest BCUT2D eigenvalue weighted by Crippen LogP contribution is -2.20. The Morgan fingerprint density at radius 2 is 1.22 bits per heavy atom. The fourth-order valence-electron chi connectivity index (χ4n) is 3.64. The number of thiazole rings is 2. The van der Waals surface area contributed by atoms with Crippen molar-refractivity contribution < 1.29 is 24.2 Å². The minimum absolute atomic E-state index is 0.0540. The van der Waals surface area contributed by atoms with Gasteiger partial charge < -0.3 is 13.9 Å². The highest BCUT2D eigenvalue weighted by Crippen LogP contribution is 2.24. The smallest absolute Gasteiger partial charge is 0.274 e. The highest BCUT2D eigenvalue weighted by molar-refractivity contribution is 7.16. The average Bonchev–Trinajstić information content (AvgIpc) is 3.38. The highest BCUT2D eigenvalue weighted by atomic mass is 32.1. The molecular weight excluding hydrogens is 524 g/mol. The molecule has 2 amide bonds. The molecule has 2 aromatic heterocycles. The first-order chi connectivity index (χ1) is 17.7. The van der Waals surface area contributed by atoms with Gasteiger partial charge in [0.15, 0.2) is 9.60 Å². The summed E-state index contributed by atoms with van der Waals surface area (Å²) in [5, 5.41) is 22.1. The molecule has 192 valence electrons. The number of hydrogen-bond donors (Lipinski definition) is 0. The van der Waals surface area contributed by atoms with E-state index in [2.05, 4.69) is 9.98 Å². The Morgan fingerprint density at radius 1 is 0.811 bits per heavy atom. The van der Waals surface area contributed by atoms with E-state index in [9.17, 15) is 29.8 Å². The first-order valence-electron chi connectivity index (χ1n) is 11.0. The van der Waals surface area contributed by atoms with Gasteiger partial charge in [-0.2, -0.15) is 9.98 Å². The number of aryl methyl sites for hydroxylation is 2. The maximum atomic E-state index is 12.4. The molecule has 4 rings (SSSR count). The molecule has 0 radical (unpaired) electrons. The third-order valence-corrected chi connectivity index (χ3v) is 7.36. The van der Waals surface area contributed by atoms with Gasteiger partial charge in [-0.3, -0.25) is 29.8 Å². The topological polar surface area (TPSA) is 164 Å². The summed E-state index contributed by atoms with van der Waals surface area (Å²) in [4.78, 5) is 54.7. The van der Waals surface area contributed by atoms with Crippen LogP contribution in [0.15, 0.2) is 46.4 Å². The monoisotopic (exact) mass is 544 g/mol. The van der Waals surface area contributed by atoms with Crippen molar-refractivity contribution in [1.82, 2.24) is 9.13 Å². The van der Waals surface area contributed by atoms with E-state index in [1.165, 1.54) is 24.3 Å². The molecule has 0 aliphatic rings. The van der Waals surface area contributed by atoms with Crippen LogP contribution in [0.3, 0.4) is 0 Å². The molecule has 2 heterocycles. The quantitative estimate of drug-likeness (QED) is 0.243. The molecule has 0 atom stereocenters. The molecular formula is C22H20N6O7S2. The van der Waals surface area contributed by atoms with Gasteiger partial charge in [-0.15, -0.1) is 0 Å². The van der Waals surface area contributed by atoms with Crippen molar-refractivity contribution in [1.29, 1.82) is 0 Å². The van der Waals surface area contributed by atoms with Crippen LogP contribution >= 0.6 is 22.7 Å². The van der Waals surface area contributed by atoms with Crippen molar-refractivity contribution in [3.8, 4) is 0 Å². The fraction of sp³-hybridized carbons (Fsp3) is 0.273. The summed E-state index contributed by atoms with van der Waals surface area (Å²) in [5.41, 5.74) is 1.33. The van der Waals surface area contributed by atoms with Crippen LogP contribution in [0, 0.1) is 20.2 Å². The van der Waals surface area contributed by atoms with Crippen molar-refractivity contribution in [2.24, 2.45) is 9.98 Å². The second-order valence-electron chi connectivity index (χ2n) is 7.58. The molecule has 0 saturated heterocycles. The molecule has 4 aromatic rings. The molecule has 37 heavy (non-hydrogen) atoms. The zero-order chi connectivity index (χ0) is 26.7. The summed E-state index contributed by atoms with van der Waals surface area (Å²) in [6.45, 7) is 3.82. The van der Waals surface area contributed by atoms with Crippen LogP contribution in [-0.4, -0.2) is 44.0 Å². The van der Waals surface area contributed by atoms with Gasteiger partial charge in [0.25, 0.3) is 23.2 Å². The van der Waals surface area contributed by atoms with Crippen molar-refractivity contribution in [2.45, 2.75) is 26.9 Å². The molecule has 0 aliphatic heterocycles. The van der Waals surface area contributed by atoms with Crippen LogP contribution < -0.4 is 9.60 Å². The van der Waals surface area contributed by atoms with Gasteiger partial charge in [0.05, 0.1) is 30.3 Å². The SMILES string of the molecule is CCn1c(=NC(=O)COCC(=O)N=c2sc3cc([N+](=O)[O-])ccc3n2CC)sc2cc([N+](=O)[O-])ccc21. The van der Waals surface area contributed by atoms with Crippen molar-refractivity contribution in [2.75, 3.05) is 13.2 Å². The number of nitrogens with zero attached hydrogens (tertiary/aromatic N) is 6. The van der Waals surface area contributed by atoms with E-state index < -0.39 is 34.9 Å². The third-order valence-electron chi connectivity index (χ3n) is 5.28. The summed E-state index contributed by atoms with van der Waals surface area (Å²) >= 11 is 2.29. The Labute approximate surface area is 215 Å². The van der Waals surface area contributed by atoms with E-state index >= 15 is 0 Å². The average molecular weight is 545 g/mol. The van der Waals surface area contributed by atoms with Crippen molar-refractivity contribution in [3.63, 3.8) is 0 Å². The molecule has 2 aromatic carbocycles. The number of non-ortho nitro benzene ring substituents is 2. The third kappa shape index (κ3) is 5.52. The standard InChI is InChI=1S/C22H20N6O7S2/c1-3-25-15-7-5-13(27(31)32)9-17(15)36-21(25)23-19(29)11-35-12-20(30)24-22-26(4-2)16-8-6-14(28(33)34)10-18(16)37-22/h5-10H,3-4,11-12H2,1-2H3. The largest absolute Gasteiger partial charge is 0.362 e. The number of amides is 2. The van der Waals surface area contributed by atoms with E-state index in [-0.39, 0.29) is 11.4 Å². The highest BCUT2D eigenvalue weighted by Gasteiger charge is 2.14. The van der Waals surface area contributed by atoms with Gasteiger partial charge >= 0.3 is 0 Å². The number of nitro benzene ring substituents is 2. The van der Waals surface area contributed by atoms with Crippen molar-refractivity contribution >= 4 is 66.3 Å². The molecule has 0 spiro atoms. The summed E-state index contributed by atoms with van der Waals surface area (Å²) in [6, 6.07) is 8.88. The van der Waals surface area contributed by atoms with Crippen molar-refractivity contribution in [3.05, 3.63) is 66.2 Å². The zero-order valence-electron chi connectivity index (χ0n) is 19.7. The first-order valence-corrected chi connectivity index (χ1v) is 12.6. The number of hydrogen-bond acceptors (Lipinski definition) is 9. The number of carbonyl (C=O) groups excluding carboxylic acids is 2. The van der Waals surface area contributed by atoms with Gasteiger partial charge in [0.2, 0.25) is 0 Å². The Bertz CT molecular complexity index is 1570.